The third kappa shape index (κ3) is 4.59. The Morgan fingerprint density at radius 3 is 2.80 bits per heavy atom. The summed E-state index contributed by atoms with van der Waals surface area (Å²) < 4.78 is 7.31. The van der Waals surface area contributed by atoms with Gasteiger partial charge in [-0.1, -0.05) is 43.2 Å². The minimum absolute atomic E-state index is 0.383. The van der Waals surface area contributed by atoms with Crippen molar-refractivity contribution in [2.24, 2.45) is 11.8 Å². The molecule has 1 heterocycles. The van der Waals surface area contributed by atoms with Gasteiger partial charge in [0.1, 0.15) is 5.75 Å². The Bertz CT molecular complexity index is 1040. The van der Waals surface area contributed by atoms with E-state index < -0.39 is 5.97 Å². The lowest BCUT2D eigenvalue weighted by Crippen LogP contribution is -2.15. The van der Waals surface area contributed by atoms with E-state index in [1.54, 1.807) is 0 Å². The largest absolute Gasteiger partial charge is 0.493 e. The third-order valence-electron chi connectivity index (χ3n) is 6.03. The molecular formula is C24H28N2O3S. The topological polar surface area (TPSA) is 85.4 Å². The summed E-state index contributed by atoms with van der Waals surface area (Å²) in [5, 5.41) is 10.0. The molecule has 0 aliphatic heterocycles. The van der Waals surface area contributed by atoms with E-state index in [-0.39, 0.29) is 5.92 Å². The number of thiazole rings is 1. The summed E-state index contributed by atoms with van der Waals surface area (Å²) in [7, 11) is 0. The predicted molar refractivity (Wildman–Crippen MR) is 122 cm³/mol. The van der Waals surface area contributed by atoms with E-state index in [1.165, 1.54) is 37.0 Å². The molecule has 1 fully saturated rings. The predicted octanol–water partition coefficient (Wildman–Crippen LogP) is 5.77. The fourth-order valence-corrected chi connectivity index (χ4v) is 5.01. The molecule has 1 atom stereocenters. The SMILES string of the molecule is CCC(Cc1ccc(OCC2CCCC2)c(-c2ccc3nc(N)sc3c2)c1)C(=O)O. The number of nitrogens with zero attached hydrogens (tertiary/aromatic N) is 1. The lowest BCUT2D eigenvalue weighted by molar-refractivity contribution is -0.141. The van der Waals surface area contributed by atoms with Crippen LogP contribution in [-0.4, -0.2) is 22.7 Å². The molecule has 5 nitrogen and oxygen atoms in total. The second kappa shape index (κ2) is 9.04. The van der Waals surface area contributed by atoms with E-state index in [9.17, 15) is 9.90 Å². The molecule has 6 heteroatoms. The Kier molecular flexibility index (Phi) is 6.23. The highest BCUT2D eigenvalue weighted by molar-refractivity contribution is 7.22. The Balaban J connectivity index is 1.68. The molecule has 1 aliphatic rings. The minimum Gasteiger partial charge on any atom is -0.493 e. The van der Waals surface area contributed by atoms with Crippen LogP contribution in [0.3, 0.4) is 0 Å². The number of carboxylic acids is 1. The molecule has 1 aliphatic carbocycles. The molecular weight excluding hydrogens is 396 g/mol. The average molecular weight is 425 g/mol. The summed E-state index contributed by atoms with van der Waals surface area (Å²) in [5.41, 5.74) is 9.82. The molecule has 0 bridgehead atoms. The number of nitrogens with two attached hydrogens (primary N) is 1. The van der Waals surface area contributed by atoms with Crippen molar-refractivity contribution >= 4 is 32.7 Å². The Hall–Kier alpha value is -2.60. The number of ether oxygens (including phenoxy) is 1. The smallest absolute Gasteiger partial charge is 0.306 e. The van der Waals surface area contributed by atoms with Crippen LogP contribution in [0.2, 0.25) is 0 Å². The molecule has 1 unspecified atom stereocenters. The van der Waals surface area contributed by atoms with Crippen molar-refractivity contribution in [2.45, 2.75) is 45.4 Å². The number of fused-ring (bicyclic) bond motifs is 1. The van der Waals surface area contributed by atoms with Gasteiger partial charge in [0.15, 0.2) is 5.13 Å². The fraction of sp³-hybridized carbons (Fsp3) is 0.417. The molecule has 30 heavy (non-hydrogen) atoms. The summed E-state index contributed by atoms with van der Waals surface area (Å²) in [6.07, 6.45) is 6.16. The van der Waals surface area contributed by atoms with Crippen LogP contribution in [0.25, 0.3) is 21.3 Å². The van der Waals surface area contributed by atoms with Crippen molar-refractivity contribution in [1.82, 2.24) is 4.98 Å². The lowest BCUT2D eigenvalue weighted by atomic mass is 9.94. The summed E-state index contributed by atoms with van der Waals surface area (Å²) in [5.74, 6) is 0.345. The highest BCUT2D eigenvalue weighted by Gasteiger charge is 2.19. The number of aliphatic carboxylic acids is 1. The van der Waals surface area contributed by atoms with Gasteiger partial charge in [0.2, 0.25) is 0 Å². The van der Waals surface area contributed by atoms with Crippen molar-refractivity contribution in [3.8, 4) is 16.9 Å². The molecule has 1 saturated carbocycles. The zero-order chi connectivity index (χ0) is 21.1. The Labute approximate surface area is 180 Å². The third-order valence-corrected chi connectivity index (χ3v) is 6.88. The maximum absolute atomic E-state index is 11.5. The number of carbonyl (C=O) groups is 1. The minimum atomic E-state index is -0.748. The van der Waals surface area contributed by atoms with E-state index in [0.29, 0.717) is 23.9 Å². The summed E-state index contributed by atoms with van der Waals surface area (Å²) in [6.45, 7) is 2.65. The zero-order valence-corrected chi connectivity index (χ0v) is 18.1. The van der Waals surface area contributed by atoms with E-state index >= 15 is 0 Å². The quantitative estimate of drug-likeness (QED) is 0.480. The second-order valence-corrected chi connectivity index (χ2v) is 9.24. The molecule has 0 spiro atoms. The van der Waals surface area contributed by atoms with Gasteiger partial charge in [-0.2, -0.15) is 0 Å². The van der Waals surface area contributed by atoms with Gasteiger partial charge in [-0.15, -0.1) is 0 Å². The van der Waals surface area contributed by atoms with Crippen LogP contribution in [0.5, 0.6) is 5.75 Å². The first kappa shape index (κ1) is 20.7. The van der Waals surface area contributed by atoms with E-state index in [1.807, 2.05) is 31.2 Å². The van der Waals surface area contributed by atoms with Crippen molar-refractivity contribution in [3.63, 3.8) is 0 Å². The van der Waals surface area contributed by atoms with Crippen LogP contribution in [0.1, 0.15) is 44.6 Å². The van der Waals surface area contributed by atoms with Crippen LogP contribution in [-0.2, 0) is 11.2 Å². The first-order valence-electron chi connectivity index (χ1n) is 10.7. The average Bonchev–Trinajstić information content (AvgIpc) is 3.38. The van der Waals surface area contributed by atoms with Gasteiger partial charge in [-0.25, -0.2) is 4.98 Å². The molecule has 0 saturated heterocycles. The maximum atomic E-state index is 11.5. The first-order valence-corrected chi connectivity index (χ1v) is 11.5. The molecule has 3 aromatic rings. The fourth-order valence-electron chi connectivity index (χ4n) is 4.24. The summed E-state index contributed by atoms with van der Waals surface area (Å²) in [4.78, 5) is 15.9. The normalized spacial score (nSPS) is 15.5. The number of nitrogen functional groups attached to an aromatic ring is 1. The van der Waals surface area contributed by atoms with Crippen molar-refractivity contribution in [2.75, 3.05) is 12.3 Å². The molecule has 158 valence electrons. The molecule has 4 rings (SSSR count). The number of hydrogen-bond donors (Lipinski definition) is 2. The van der Waals surface area contributed by atoms with Gasteiger partial charge in [-0.3, -0.25) is 4.79 Å². The number of benzene rings is 2. The van der Waals surface area contributed by atoms with Crippen LogP contribution >= 0.6 is 11.3 Å². The Morgan fingerprint density at radius 1 is 1.27 bits per heavy atom. The molecule has 1 aromatic heterocycles. The van der Waals surface area contributed by atoms with Crippen LogP contribution in [0.4, 0.5) is 5.13 Å². The standard InChI is InChI=1S/C24H28N2O3S/c1-2-17(23(27)28)11-16-7-10-21(29-14-15-5-3-4-6-15)19(12-16)18-8-9-20-22(13-18)30-24(25)26-20/h7-10,12-13,15,17H,2-6,11,14H2,1H3,(H2,25,26)(H,27,28). The monoisotopic (exact) mass is 424 g/mol. The van der Waals surface area contributed by atoms with Gasteiger partial charge in [-0.05, 0) is 67.0 Å². The van der Waals surface area contributed by atoms with Gasteiger partial charge in [0.25, 0.3) is 0 Å². The summed E-state index contributed by atoms with van der Waals surface area (Å²) >= 11 is 1.47. The summed E-state index contributed by atoms with van der Waals surface area (Å²) in [6, 6.07) is 12.2. The zero-order valence-electron chi connectivity index (χ0n) is 17.3. The first-order chi connectivity index (χ1) is 14.5. The molecule has 3 N–H and O–H groups in total. The molecule has 0 radical (unpaired) electrons. The molecule has 2 aromatic carbocycles. The van der Waals surface area contributed by atoms with Crippen LogP contribution in [0, 0.1) is 11.8 Å². The number of rotatable bonds is 8. The number of carboxylic acid groups (broad SMARTS) is 1. The highest BCUT2D eigenvalue weighted by Crippen LogP contribution is 2.36. The van der Waals surface area contributed by atoms with E-state index in [0.717, 1.165) is 39.3 Å². The van der Waals surface area contributed by atoms with Crippen molar-refractivity contribution in [3.05, 3.63) is 42.0 Å². The van der Waals surface area contributed by atoms with E-state index in [2.05, 4.69) is 17.1 Å². The number of hydrogen-bond acceptors (Lipinski definition) is 5. The van der Waals surface area contributed by atoms with Gasteiger partial charge < -0.3 is 15.6 Å². The van der Waals surface area contributed by atoms with Gasteiger partial charge >= 0.3 is 5.97 Å². The van der Waals surface area contributed by atoms with Crippen molar-refractivity contribution < 1.29 is 14.6 Å². The lowest BCUT2D eigenvalue weighted by Gasteiger charge is -2.17. The Morgan fingerprint density at radius 2 is 2.07 bits per heavy atom. The highest BCUT2D eigenvalue weighted by atomic mass is 32.1. The number of anilines is 1. The molecule has 0 amide bonds. The van der Waals surface area contributed by atoms with Crippen LogP contribution in [0.15, 0.2) is 36.4 Å². The van der Waals surface area contributed by atoms with Crippen molar-refractivity contribution in [1.29, 1.82) is 0 Å². The maximum Gasteiger partial charge on any atom is 0.306 e. The van der Waals surface area contributed by atoms with Gasteiger partial charge in [0, 0.05) is 5.56 Å². The van der Waals surface area contributed by atoms with Crippen LogP contribution < -0.4 is 10.5 Å². The second-order valence-electron chi connectivity index (χ2n) is 8.17. The van der Waals surface area contributed by atoms with Gasteiger partial charge in [0.05, 0.1) is 22.7 Å². The number of aromatic nitrogens is 1. The van der Waals surface area contributed by atoms with E-state index in [4.69, 9.17) is 10.5 Å².